The number of rotatable bonds is 4. The lowest BCUT2D eigenvalue weighted by atomic mass is 9.99. The summed E-state index contributed by atoms with van der Waals surface area (Å²) in [6.45, 7) is 7.58. The molecule has 0 bridgehead atoms. The number of allylic oxidation sites excluding steroid dienone is 1. The van der Waals surface area contributed by atoms with Crippen LogP contribution in [0.3, 0.4) is 0 Å². The van der Waals surface area contributed by atoms with Crippen molar-refractivity contribution in [1.82, 2.24) is 0 Å². The zero-order valence-electron chi connectivity index (χ0n) is 14.1. The van der Waals surface area contributed by atoms with Crippen molar-refractivity contribution in [3.63, 3.8) is 0 Å². The molecule has 2 aromatic rings. The van der Waals surface area contributed by atoms with Gasteiger partial charge in [-0.3, -0.25) is 9.79 Å². The number of benzene rings is 2. The third kappa shape index (κ3) is 4.16. The normalized spacial score (nSPS) is 11.0. The van der Waals surface area contributed by atoms with Gasteiger partial charge in [-0.1, -0.05) is 48.5 Å². The van der Waals surface area contributed by atoms with Gasteiger partial charge in [-0.05, 0) is 50.5 Å². The highest BCUT2D eigenvalue weighted by Crippen LogP contribution is 2.28. The lowest BCUT2D eigenvalue weighted by molar-refractivity contribution is -0.112. The molecule has 0 saturated heterocycles. The maximum absolute atomic E-state index is 12.4. The van der Waals surface area contributed by atoms with Crippen LogP contribution in [-0.2, 0) is 4.79 Å². The van der Waals surface area contributed by atoms with Crippen LogP contribution in [0.15, 0.2) is 65.3 Å². The summed E-state index contributed by atoms with van der Waals surface area (Å²) in [4.78, 5) is 16.7. The molecule has 2 aromatic carbocycles. The molecule has 0 aliphatic heterocycles. The fourth-order valence-corrected chi connectivity index (χ4v) is 2.38. The Balaban J connectivity index is 2.32. The Bertz CT molecular complexity index is 754. The van der Waals surface area contributed by atoms with Crippen LogP contribution < -0.4 is 5.32 Å². The first-order chi connectivity index (χ1) is 11.0. The van der Waals surface area contributed by atoms with Gasteiger partial charge in [0.25, 0.3) is 5.91 Å². The predicted molar refractivity (Wildman–Crippen MR) is 97.8 cm³/mol. The number of hydrogen-bond acceptors (Lipinski definition) is 2. The molecule has 118 valence electrons. The highest BCUT2D eigenvalue weighted by atomic mass is 16.2. The van der Waals surface area contributed by atoms with Gasteiger partial charge in [0, 0.05) is 11.4 Å². The van der Waals surface area contributed by atoms with E-state index in [9.17, 15) is 4.79 Å². The van der Waals surface area contributed by atoms with E-state index in [0.717, 1.165) is 28.1 Å². The minimum Gasteiger partial charge on any atom is -0.320 e. The number of anilines is 1. The van der Waals surface area contributed by atoms with Crippen LogP contribution in [0.5, 0.6) is 0 Å². The van der Waals surface area contributed by atoms with Gasteiger partial charge in [0.15, 0.2) is 0 Å². The minimum atomic E-state index is -0.193. The maximum atomic E-state index is 12.4. The Morgan fingerprint density at radius 3 is 2.35 bits per heavy atom. The Morgan fingerprint density at radius 2 is 1.74 bits per heavy atom. The van der Waals surface area contributed by atoms with Crippen LogP contribution in [-0.4, -0.2) is 11.6 Å². The largest absolute Gasteiger partial charge is 0.320 e. The first-order valence-electron chi connectivity index (χ1n) is 7.67. The summed E-state index contributed by atoms with van der Waals surface area (Å²) in [7, 11) is 0. The number of carbonyl (C=O) groups excluding carboxylic acids is 1. The molecule has 0 saturated carbocycles. The quantitative estimate of drug-likeness (QED) is 0.628. The van der Waals surface area contributed by atoms with Crippen molar-refractivity contribution in [1.29, 1.82) is 0 Å². The Kier molecular flexibility index (Phi) is 5.47. The summed E-state index contributed by atoms with van der Waals surface area (Å²) < 4.78 is 0. The van der Waals surface area contributed by atoms with Gasteiger partial charge in [0.05, 0.1) is 0 Å². The second kappa shape index (κ2) is 7.54. The first-order valence-corrected chi connectivity index (χ1v) is 7.67. The average Bonchev–Trinajstić information content (AvgIpc) is 2.55. The molecule has 1 amide bonds. The molecule has 0 unspecified atom stereocenters. The monoisotopic (exact) mass is 306 g/mol. The van der Waals surface area contributed by atoms with E-state index in [2.05, 4.69) is 28.5 Å². The fourth-order valence-electron chi connectivity index (χ4n) is 2.38. The highest BCUT2D eigenvalue weighted by Gasteiger charge is 2.11. The smallest absolute Gasteiger partial charge is 0.273 e. The molecule has 0 aliphatic carbocycles. The third-order valence-electron chi connectivity index (χ3n) is 3.52. The number of nitrogens with one attached hydrogen (secondary N) is 1. The van der Waals surface area contributed by atoms with Crippen LogP contribution >= 0.6 is 0 Å². The van der Waals surface area contributed by atoms with Gasteiger partial charge >= 0.3 is 0 Å². The summed E-state index contributed by atoms with van der Waals surface area (Å²) >= 11 is 0. The molecule has 3 nitrogen and oxygen atoms in total. The molecule has 23 heavy (non-hydrogen) atoms. The van der Waals surface area contributed by atoms with Crippen molar-refractivity contribution in [2.75, 3.05) is 5.32 Å². The minimum absolute atomic E-state index is 0.193. The SMILES string of the molecule is C/C=C(\N=C(C)C)C(=O)Nc1cccc(-c2ccccc2)c1C. The van der Waals surface area contributed by atoms with Crippen molar-refractivity contribution in [3.8, 4) is 11.1 Å². The molecule has 0 aromatic heterocycles. The number of nitrogens with zero attached hydrogens (tertiary/aromatic N) is 1. The van der Waals surface area contributed by atoms with Crippen molar-refractivity contribution < 1.29 is 4.79 Å². The molecule has 0 heterocycles. The zero-order chi connectivity index (χ0) is 16.8. The topological polar surface area (TPSA) is 41.5 Å². The second-order valence-corrected chi connectivity index (χ2v) is 5.53. The molecule has 0 radical (unpaired) electrons. The second-order valence-electron chi connectivity index (χ2n) is 5.53. The van der Waals surface area contributed by atoms with E-state index in [1.54, 1.807) is 6.08 Å². The molecule has 1 N–H and O–H groups in total. The van der Waals surface area contributed by atoms with E-state index in [0.29, 0.717) is 5.70 Å². The Labute approximate surface area is 137 Å². The standard InChI is InChI=1S/C20H22N2O/c1-5-18(21-14(2)3)20(23)22-19-13-9-12-17(15(19)4)16-10-7-6-8-11-16/h5-13H,1-4H3,(H,22,23)/b18-5-. The summed E-state index contributed by atoms with van der Waals surface area (Å²) in [5.41, 5.74) is 5.37. The highest BCUT2D eigenvalue weighted by molar-refractivity contribution is 6.05. The number of carbonyl (C=O) groups is 1. The van der Waals surface area contributed by atoms with E-state index in [1.807, 2.05) is 58.0 Å². The summed E-state index contributed by atoms with van der Waals surface area (Å²) in [5.74, 6) is -0.193. The maximum Gasteiger partial charge on any atom is 0.273 e. The van der Waals surface area contributed by atoms with E-state index >= 15 is 0 Å². The van der Waals surface area contributed by atoms with Crippen molar-refractivity contribution in [2.45, 2.75) is 27.7 Å². The Hall–Kier alpha value is -2.68. The average molecular weight is 306 g/mol. The third-order valence-corrected chi connectivity index (χ3v) is 3.52. The van der Waals surface area contributed by atoms with E-state index in [4.69, 9.17) is 0 Å². The molecule has 0 atom stereocenters. The molecular formula is C20H22N2O. The van der Waals surface area contributed by atoms with Gasteiger partial charge in [0.1, 0.15) is 5.70 Å². The van der Waals surface area contributed by atoms with Gasteiger partial charge in [-0.15, -0.1) is 0 Å². The van der Waals surface area contributed by atoms with Crippen molar-refractivity contribution in [2.24, 2.45) is 4.99 Å². The number of amides is 1. The zero-order valence-corrected chi connectivity index (χ0v) is 14.1. The fraction of sp³-hybridized carbons (Fsp3) is 0.200. The summed E-state index contributed by atoms with van der Waals surface area (Å²) in [6.07, 6.45) is 1.72. The van der Waals surface area contributed by atoms with Gasteiger partial charge < -0.3 is 5.32 Å². The van der Waals surface area contributed by atoms with Crippen LogP contribution in [0.25, 0.3) is 11.1 Å². The number of hydrogen-bond donors (Lipinski definition) is 1. The number of aliphatic imine (C=N–C) groups is 1. The van der Waals surface area contributed by atoms with Crippen molar-refractivity contribution in [3.05, 3.63) is 65.9 Å². The van der Waals surface area contributed by atoms with E-state index in [-0.39, 0.29) is 5.91 Å². The predicted octanol–water partition coefficient (Wildman–Crippen LogP) is 4.99. The molecule has 0 aliphatic rings. The lowest BCUT2D eigenvalue weighted by Crippen LogP contribution is -2.15. The Morgan fingerprint density at radius 1 is 1.04 bits per heavy atom. The van der Waals surface area contributed by atoms with E-state index in [1.165, 1.54) is 0 Å². The van der Waals surface area contributed by atoms with Crippen LogP contribution in [0.4, 0.5) is 5.69 Å². The van der Waals surface area contributed by atoms with Gasteiger partial charge in [-0.2, -0.15) is 0 Å². The van der Waals surface area contributed by atoms with Crippen LogP contribution in [0, 0.1) is 6.92 Å². The molecule has 3 heteroatoms. The summed E-state index contributed by atoms with van der Waals surface area (Å²) in [5, 5.41) is 2.96. The molecule has 0 fully saturated rings. The van der Waals surface area contributed by atoms with Crippen molar-refractivity contribution >= 4 is 17.3 Å². The molecular weight excluding hydrogens is 284 g/mol. The molecule has 0 spiro atoms. The van der Waals surface area contributed by atoms with Gasteiger partial charge in [-0.25, -0.2) is 0 Å². The lowest BCUT2D eigenvalue weighted by Gasteiger charge is -2.13. The van der Waals surface area contributed by atoms with Crippen LogP contribution in [0.2, 0.25) is 0 Å². The van der Waals surface area contributed by atoms with Gasteiger partial charge in [0.2, 0.25) is 0 Å². The molecule has 2 rings (SSSR count). The van der Waals surface area contributed by atoms with E-state index < -0.39 is 0 Å². The first kappa shape index (κ1) is 16.7. The summed E-state index contributed by atoms with van der Waals surface area (Å²) in [6, 6.07) is 16.1. The van der Waals surface area contributed by atoms with Crippen LogP contribution in [0.1, 0.15) is 26.3 Å².